The summed E-state index contributed by atoms with van der Waals surface area (Å²) in [6.07, 6.45) is 7.03. The van der Waals surface area contributed by atoms with Crippen molar-refractivity contribution in [1.29, 1.82) is 0 Å². The van der Waals surface area contributed by atoms with E-state index in [0.29, 0.717) is 0 Å². The van der Waals surface area contributed by atoms with Crippen LogP contribution in [0.3, 0.4) is 0 Å². The quantitative estimate of drug-likeness (QED) is 0.772. The number of imidazole rings is 1. The number of pyridine rings is 1. The third-order valence-electron chi connectivity index (χ3n) is 2.15. The maximum absolute atomic E-state index is 11.6. The lowest BCUT2D eigenvalue weighted by molar-refractivity contribution is 0.108. The molecule has 0 saturated heterocycles. The second kappa shape index (κ2) is 4.57. The van der Waals surface area contributed by atoms with Crippen LogP contribution in [0.25, 0.3) is 0 Å². The second-order valence-corrected chi connectivity index (χ2v) is 3.28. The van der Waals surface area contributed by atoms with Gasteiger partial charge in [-0.15, -0.1) is 0 Å². The molecule has 2 aromatic heterocycles. The molecule has 0 aromatic carbocycles. The van der Waals surface area contributed by atoms with Gasteiger partial charge in [0.15, 0.2) is 0 Å². The van der Waals surface area contributed by atoms with Gasteiger partial charge in [0.25, 0.3) is 0 Å². The zero-order valence-corrected chi connectivity index (χ0v) is 8.78. The number of rotatable bonds is 2. The monoisotopic (exact) mass is 217 g/mol. The summed E-state index contributed by atoms with van der Waals surface area (Å²) in [4.78, 5) is 19.3. The highest BCUT2D eigenvalue weighted by atomic mass is 16.6. The maximum Gasteiger partial charge on any atom is 0.419 e. The van der Waals surface area contributed by atoms with E-state index in [1.165, 1.54) is 23.3 Å². The lowest BCUT2D eigenvalue weighted by Crippen LogP contribution is -2.14. The van der Waals surface area contributed by atoms with E-state index >= 15 is 0 Å². The lowest BCUT2D eigenvalue weighted by Gasteiger charge is -2.12. The first-order valence-corrected chi connectivity index (χ1v) is 4.86. The van der Waals surface area contributed by atoms with Crippen molar-refractivity contribution in [3.63, 3.8) is 0 Å². The van der Waals surface area contributed by atoms with E-state index in [9.17, 15) is 4.79 Å². The second-order valence-electron chi connectivity index (χ2n) is 3.28. The van der Waals surface area contributed by atoms with Gasteiger partial charge in [-0.3, -0.25) is 4.98 Å². The van der Waals surface area contributed by atoms with E-state index in [1.807, 2.05) is 6.07 Å². The molecule has 0 spiro atoms. The maximum atomic E-state index is 11.6. The molecular weight excluding hydrogens is 206 g/mol. The average Bonchev–Trinajstić information content (AvgIpc) is 2.83. The van der Waals surface area contributed by atoms with Crippen molar-refractivity contribution in [2.24, 2.45) is 0 Å². The van der Waals surface area contributed by atoms with Crippen molar-refractivity contribution in [2.75, 3.05) is 0 Å². The van der Waals surface area contributed by atoms with Crippen LogP contribution in [-0.4, -0.2) is 20.6 Å². The Kier molecular flexibility index (Phi) is 2.95. The Bertz CT molecular complexity index is 453. The highest BCUT2D eigenvalue weighted by Gasteiger charge is 2.12. The van der Waals surface area contributed by atoms with Crippen molar-refractivity contribution < 1.29 is 9.53 Å². The highest BCUT2D eigenvalue weighted by molar-refractivity contribution is 5.70. The summed E-state index contributed by atoms with van der Waals surface area (Å²) in [6, 6.07) is 3.66. The number of ether oxygens (including phenoxy) is 1. The van der Waals surface area contributed by atoms with Crippen LogP contribution in [0.1, 0.15) is 18.6 Å². The zero-order valence-electron chi connectivity index (χ0n) is 8.78. The Labute approximate surface area is 92.7 Å². The number of nitrogens with zero attached hydrogens (tertiary/aromatic N) is 3. The van der Waals surface area contributed by atoms with Crippen LogP contribution < -0.4 is 0 Å². The molecule has 0 fully saturated rings. The van der Waals surface area contributed by atoms with Crippen LogP contribution >= 0.6 is 0 Å². The van der Waals surface area contributed by atoms with Gasteiger partial charge >= 0.3 is 6.09 Å². The van der Waals surface area contributed by atoms with Gasteiger partial charge < -0.3 is 4.74 Å². The Morgan fingerprint density at radius 1 is 1.44 bits per heavy atom. The average molecular weight is 217 g/mol. The Hall–Kier alpha value is -2.17. The van der Waals surface area contributed by atoms with Crippen LogP contribution in [0.15, 0.2) is 43.2 Å². The first kappa shape index (κ1) is 10.4. The van der Waals surface area contributed by atoms with Crippen molar-refractivity contribution in [1.82, 2.24) is 14.5 Å². The molecule has 2 aromatic rings. The summed E-state index contributed by atoms with van der Waals surface area (Å²) < 4.78 is 6.51. The lowest BCUT2D eigenvalue weighted by atomic mass is 10.2. The minimum Gasteiger partial charge on any atom is -0.441 e. The fraction of sp³-hybridized carbons (Fsp3) is 0.182. The Balaban J connectivity index is 2.03. The fourth-order valence-electron chi connectivity index (χ4n) is 1.26. The Morgan fingerprint density at radius 3 is 2.94 bits per heavy atom. The molecule has 2 heterocycles. The normalized spacial score (nSPS) is 12.1. The molecule has 16 heavy (non-hydrogen) atoms. The number of aromatic nitrogens is 3. The summed E-state index contributed by atoms with van der Waals surface area (Å²) in [5.74, 6) is 0. The predicted octanol–water partition coefficient (Wildman–Crippen LogP) is 2.02. The summed E-state index contributed by atoms with van der Waals surface area (Å²) >= 11 is 0. The first-order chi connectivity index (χ1) is 7.77. The highest BCUT2D eigenvalue weighted by Crippen LogP contribution is 2.15. The third-order valence-corrected chi connectivity index (χ3v) is 2.15. The topological polar surface area (TPSA) is 57.0 Å². The minimum absolute atomic E-state index is 0.330. The standard InChI is InChI=1S/C11H11N3O2/c1-9(10-3-2-4-12-7-10)16-11(15)14-6-5-13-8-14/h2-9H,1H3. The molecule has 82 valence electrons. The summed E-state index contributed by atoms with van der Waals surface area (Å²) in [5.41, 5.74) is 0.857. The van der Waals surface area contributed by atoms with Crippen molar-refractivity contribution in [3.8, 4) is 0 Å². The van der Waals surface area contributed by atoms with E-state index in [-0.39, 0.29) is 6.10 Å². The van der Waals surface area contributed by atoms with E-state index < -0.39 is 6.09 Å². The predicted molar refractivity (Wildman–Crippen MR) is 56.8 cm³/mol. The smallest absolute Gasteiger partial charge is 0.419 e. The minimum atomic E-state index is -0.450. The Morgan fingerprint density at radius 2 is 2.31 bits per heavy atom. The molecule has 2 rings (SSSR count). The molecule has 0 aliphatic heterocycles. The summed E-state index contributed by atoms with van der Waals surface area (Å²) in [7, 11) is 0. The molecule has 0 saturated carbocycles. The molecule has 0 amide bonds. The van der Waals surface area contributed by atoms with Crippen molar-refractivity contribution in [3.05, 3.63) is 48.8 Å². The van der Waals surface area contributed by atoms with E-state index in [2.05, 4.69) is 9.97 Å². The molecule has 1 unspecified atom stereocenters. The molecule has 0 aliphatic carbocycles. The molecule has 0 N–H and O–H groups in total. The number of carbonyl (C=O) groups excluding carboxylic acids is 1. The number of carbonyl (C=O) groups is 1. The first-order valence-electron chi connectivity index (χ1n) is 4.86. The molecule has 0 aliphatic rings. The number of hydrogen-bond donors (Lipinski definition) is 0. The van der Waals surface area contributed by atoms with E-state index in [4.69, 9.17) is 4.74 Å². The largest absolute Gasteiger partial charge is 0.441 e. The van der Waals surface area contributed by atoms with E-state index in [1.54, 1.807) is 25.4 Å². The van der Waals surface area contributed by atoms with E-state index in [0.717, 1.165) is 5.56 Å². The van der Waals surface area contributed by atoms with Gasteiger partial charge in [-0.25, -0.2) is 14.3 Å². The summed E-state index contributed by atoms with van der Waals surface area (Å²) in [6.45, 7) is 1.80. The molecule has 1 atom stereocenters. The molecule has 5 nitrogen and oxygen atoms in total. The SMILES string of the molecule is CC(OC(=O)n1ccnc1)c1cccnc1. The molecule has 0 bridgehead atoms. The van der Waals surface area contributed by atoms with Gasteiger partial charge in [-0.2, -0.15) is 0 Å². The van der Waals surface area contributed by atoms with Crippen LogP contribution in [0.2, 0.25) is 0 Å². The van der Waals surface area contributed by atoms with Gasteiger partial charge in [0, 0.05) is 30.4 Å². The van der Waals surface area contributed by atoms with Crippen LogP contribution in [-0.2, 0) is 4.74 Å². The van der Waals surface area contributed by atoms with Crippen LogP contribution in [0.4, 0.5) is 4.79 Å². The van der Waals surface area contributed by atoms with Gasteiger partial charge in [-0.1, -0.05) is 6.07 Å². The van der Waals surface area contributed by atoms with Gasteiger partial charge in [0.1, 0.15) is 12.4 Å². The van der Waals surface area contributed by atoms with Crippen LogP contribution in [0.5, 0.6) is 0 Å². The van der Waals surface area contributed by atoms with Gasteiger partial charge in [0.05, 0.1) is 0 Å². The molecule has 5 heteroatoms. The van der Waals surface area contributed by atoms with Crippen molar-refractivity contribution in [2.45, 2.75) is 13.0 Å². The van der Waals surface area contributed by atoms with Gasteiger partial charge in [-0.05, 0) is 13.0 Å². The number of hydrogen-bond acceptors (Lipinski definition) is 4. The van der Waals surface area contributed by atoms with Crippen LogP contribution in [0, 0.1) is 0 Å². The molecular formula is C11H11N3O2. The summed E-state index contributed by atoms with van der Waals surface area (Å²) in [5, 5.41) is 0. The zero-order chi connectivity index (χ0) is 11.4. The molecule has 0 radical (unpaired) electrons. The third kappa shape index (κ3) is 2.25. The fourth-order valence-corrected chi connectivity index (χ4v) is 1.26. The van der Waals surface area contributed by atoms with Crippen molar-refractivity contribution >= 4 is 6.09 Å². The van der Waals surface area contributed by atoms with Gasteiger partial charge in [0.2, 0.25) is 0 Å².